The van der Waals surface area contributed by atoms with E-state index in [0.29, 0.717) is 0 Å². The Morgan fingerprint density at radius 1 is 1.83 bits per heavy atom. The lowest BCUT2D eigenvalue weighted by Gasteiger charge is -1.96. The molecule has 0 fully saturated rings. The van der Waals surface area contributed by atoms with E-state index < -0.39 is 10.9 Å². The molecule has 0 unspecified atom stereocenters. The first-order chi connectivity index (χ1) is 5.66. The molecule has 1 aliphatic rings. The molecule has 0 atom stereocenters. The summed E-state index contributed by atoms with van der Waals surface area (Å²) in [6.45, 7) is 0.0307. The number of aliphatic imine (C=N–C) groups is 1. The van der Waals surface area contributed by atoms with E-state index in [0.717, 1.165) is 6.21 Å². The molecule has 0 saturated carbocycles. The Morgan fingerprint density at radius 2 is 2.50 bits per heavy atom. The van der Waals surface area contributed by atoms with E-state index in [-0.39, 0.29) is 17.8 Å². The largest absolute Gasteiger partial charge is 0.465 e. The molecule has 0 N–H and O–H groups in total. The first-order valence-electron chi connectivity index (χ1n) is 3.12. The molecule has 0 aromatic rings. The van der Waals surface area contributed by atoms with Crippen LogP contribution >= 0.6 is 0 Å². The molecular weight excluding hydrogens is 164 g/mol. The van der Waals surface area contributed by atoms with Gasteiger partial charge in [-0.1, -0.05) is 0 Å². The quantitative estimate of drug-likeness (QED) is 0.325. The van der Waals surface area contributed by atoms with Crippen molar-refractivity contribution in [2.75, 3.05) is 13.7 Å². The van der Waals surface area contributed by atoms with Gasteiger partial charge in [-0.3, -0.25) is 15.1 Å². The fourth-order valence-electron chi connectivity index (χ4n) is 0.832. The average molecular weight is 170 g/mol. The van der Waals surface area contributed by atoms with Crippen LogP contribution in [0.2, 0.25) is 0 Å². The fraction of sp³-hybridized carbons (Fsp3) is 0.333. The highest BCUT2D eigenvalue weighted by molar-refractivity contribution is 5.98. The fourth-order valence-corrected chi connectivity index (χ4v) is 0.832. The molecule has 0 radical (unpaired) electrons. The Balaban J connectivity index is 2.96. The third-order valence-electron chi connectivity index (χ3n) is 1.40. The first-order valence-corrected chi connectivity index (χ1v) is 3.12. The maximum atomic E-state index is 10.9. The number of rotatable bonds is 2. The zero-order valence-corrected chi connectivity index (χ0v) is 6.31. The Bertz CT molecular complexity index is 292. The molecule has 1 aliphatic heterocycles. The Kier molecular flexibility index (Phi) is 2.18. The molecule has 6 nitrogen and oxygen atoms in total. The normalized spacial score (nSPS) is 15.1. The average Bonchev–Trinajstić information content (AvgIpc) is 2.50. The van der Waals surface area contributed by atoms with Crippen LogP contribution in [0.15, 0.2) is 16.3 Å². The van der Waals surface area contributed by atoms with Gasteiger partial charge in [0.15, 0.2) is 0 Å². The second-order valence-corrected chi connectivity index (χ2v) is 2.08. The maximum Gasteiger partial charge on any atom is 0.342 e. The minimum atomic E-state index is -0.695. The Morgan fingerprint density at radius 3 is 3.00 bits per heavy atom. The standard InChI is InChI=1S/C6H6N2O4/c1-12-6(9)4-2-7-3-5(4)8(10)11/h3H,2H2,1H3. The number of allylic oxidation sites excluding steroid dienone is 1. The van der Waals surface area contributed by atoms with Crippen molar-refractivity contribution in [2.24, 2.45) is 4.99 Å². The van der Waals surface area contributed by atoms with Crippen molar-refractivity contribution in [3.05, 3.63) is 21.4 Å². The molecule has 0 amide bonds. The number of hydrogen-bond donors (Lipinski definition) is 0. The summed E-state index contributed by atoms with van der Waals surface area (Å²) in [5.74, 6) is -0.695. The molecule has 0 aromatic heterocycles. The van der Waals surface area contributed by atoms with Crippen LogP contribution in [0.3, 0.4) is 0 Å². The number of nitrogens with zero attached hydrogens (tertiary/aromatic N) is 2. The van der Waals surface area contributed by atoms with Gasteiger partial charge in [0.25, 0.3) is 5.70 Å². The molecule has 0 spiro atoms. The number of hydrogen-bond acceptors (Lipinski definition) is 5. The van der Waals surface area contributed by atoms with Crippen LogP contribution in [0.1, 0.15) is 0 Å². The van der Waals surface area contributed by atoms with Crippen LogP contribution < -0.4 is 0 Å². The van der Waals surface area contributed by atoms with Crippen LogP contribution in [0, 0.1) is 10.1 Å². The molecule has 1 heterocycles. The second-order valence-electron chi connectivity index (χ2n) is 2.08. The SMILES string of the molecule is COC(=O)C1=C([N+](=O)[O-])C=NC1. The highest BCUT2D eigenvalue weighted by Crippen LogP contribution is 2.11. The van der Waals surface area contributed by atoms with Gasteiger partial charge >= 0.3 is 5.97 Å². The summed E-state index contributed by atoms with van der Waals surface area (Å²) in [6.07, 6.45) is 1.06. The minimum absolute atomic E-state index is 0.00231. The number of nitro groups is 1. The van der Waals surface area contributed by atoms with Crippen LogP contribution in [0.5, 0.6) is 0 Å². The smallest absolute Gasteiger partial charge is 0.342 e. The Hall–Kier alpha value is -1.72. The van der Waals surface area contributed by atoms with E-state index in [2.05, 4.69) is 9.73 Å². The summed E-state index contributed by atoms with van der Waals surface area (Å²) in [6, 6.07) is 0. The molecule has 6 heteroatoms. The summed E-state index contributed by atoms with van der Waals surface area (Å²) in [4.78, 5) is 24.1. The molecule has 0 aromatic carbocycles. The van der Waals surface area contributed by atoms with Gasteiger partial charge in [0.2, 0.25) is 0 Å². The van der Waals surface area contributed by atoms with Crippen molar-refractivity contribution < 1.29 is 14.5 Å². The first kappa shape index (κ1) is 8.38. The van der Waals surface area contributed by atoms with Gasteiger partial charge in [0, 0.05) is 0 Å². The van der Waals surface area contributed by atoms with Gasteiger partial charge in [0.1, 0.15) is 11.8 Å². The van der Waals surface area contributed by atoms with Gasteiger partial charge in [-0.05, 0) is 0 Å². The lowest BCUT2D eigenvalue weighted by Crippen LogP contribution is -2.11. The topological polar surface area (TPSA) is 81.8 Å². The molecule has 64 valence electrons. The van der Waals surface area contributed by atoms with E-state index in [1.54, 1.807) is 0 Å². The van der Waals surface area contributed by atoms with Gasteiger partial charge in [-0.15, -0.1) is 0 Å². The predicted octanol–water partition coefficient (Wildman–Crippen LogP) is -0.225. The predicted molar refractivity (Wildman–Crippen MR) is 39.4 cm³/mol. The number of methoxy groups -OCH3 is 1. The van der Waals surface area contributed by atoms with E-state index in [9.17, 15) is 14.9 Å². The Labute approximate surface area is 67.7 Å². The van der Waals surface area contributed by atoms with Gasteiger partial charge in [-0.25, -0.2) is 4.79 Å². The van der Waals surface area contributed by atoms with Gasteiger partial charge in [0.05, 0.1) is 18.6 Å². The number of ether oxygens (including phenoxy) is 1. The van der Waals surface area contributed by atoms with Crippen LogP contribution in [0.4, 0.5) is 0 Å². The van der Waals surface area contributed by atoms with Crippen molar-refractivity contribution in [2.45, 2.75) is 0 Å². The van der Waals surface area contributed by atoms with E-state index in [1.807, 2.05) is 0 Å². The monoisotopic (exact) mass is 170 g/mol. The van der Waals surface area contributed by atoms with E-state index >= 15 is 0 Å². The van der Waals surface area contributed by atoms with Crippen molar-refractivity contribution in [3.8, 4) is 0 Å². The number of carbonyl (C=O) groups is 1. The zero-order valence-electron chi connectivity index (χ0n) is 6.31. The highest BCUT2D eigenvalue weighted by atomic mass is 16.6. The second kappa shape index (κ2) is 3.12. The third-order valence-corrected chi connectivity index (χ3v) is 1.40. The maximum absolute atomic E-state index is 10.9. The molecule has 1 rings (SSSR count). The number of carbonyl (C=O) groups excluding carboxylic acids is 1. The van der Waals surface area contributed by atoms with Crippen molar-refractivity contribution in [1.82, 2.24) is 0 Å². The van der Waals surface area contributed by atoms with Crippen molar-refractivity contribution in [3.63, 3.8) is 0 Å². The summed E-state index contributed by atoms with van der Waals surface area (Å²) in [7, 11) is 1.17. The van der Waals surface area contributed by atoms with E-state index in [1.165, 1.54) is 7.11 Å². The van der Waals surface area contributed by atoms with Crippen LogP contribution in [-0.2, 0) is 9.53 Å². The van der Waals surface area contributed by atoms with Crippen molar-refractivity contribution in [1.29, 1.82) is 0 Å². The molecule has 12 heavy (non-hydrogen) atoms. The number of esters is 1. The van der Waals surface area contributed by atoms with Gasteiger partial charge in [-0.2, -0.15) is 0 Å². The molecular formula is C6H6N2O4. The summed E-state index contributed by atoms with van der Waals surface area (Å²) in [5, 5.41) is 10.3. The third kappa shape index (κ3) is 1.31. The van der Waals surface area contributed by atoms with Crippen LogP contribution in [0.25, 0.3) is 0 Å². The van der Waals surface area contributed by atoms with Crippen molar-refractivity contribution >= 4 is 12.2 Å². The van der Waals surface area contributed by atoms with Gasteiger partial charge < -0.3 is 4.74 Å². The molecule has 0 saturated heterocycles. The summed E-state index contributed by atoms with van der Waals surface area (Å²) in [5.41, 5.74) is -0.274. The molecule has 0 bridgehead atoms. The van der Waals surface area contributed by atoms with E-state index in [4.69, 9.17) is 0 Å². The minimum Gasteiger partial charge on any atom is -0.465 e. The highest BCUT2D eigenvalue weighted by Gasteiger charge is 2.26. The van der Waals surface area contributed by atoms with Crippen LogP contribution in [-0.4, -0.2) is 30.8 Å². The summed E-state index contributed by atoms with van der Waals surface area (Å²) < 4.78 is 4.33. The lowest BCUT2D eigenvalue weighted by atomic mass is 10.2. The zero-order chi connectivity index (χ0) is 9.14. The summed E-state index contributed by atoms with van der Waals surface area (Å²) >= 11 is 0. The molecule has 0 aliphatic carbocycles. The lowest BCUT2D eigenvalue weighted by molar-refractivity contribution is -0.414.